The molecule has 2 heterocycles. The number of hydrogen-bond donors (Lipinski definition) is 2. The molecule has 0 bridgehead atoms. The largest absolute Gasteiger partial charge is 0.344 e. The lowest BCUT2D eigenvalue weighted by molar-refractivity contribution is -0.438. The van der Waals surface area contributed by atoms with Gasteiger partial charge in [0.2, 0.25) is 5.69 Å². The number of unbranched alkanes of at least 4 members (excludes halogenated alkanes) is 2. The van der Waals surface area contributed by atoms with Crippen LogP contribution in [0.3, 0.4) is 0 Å². The van der Waals surface area contributed by atoms with Gasteiger partial charge in [0.15, 0.2) is 5.71 Å². The van der Waals surface area contributed by atoms with Gasteiger partial charge in [-0.1, -0.05) is 74.0 Å². The van der Waals surface area contributed by atoms with Crippen molar-refractivity contribution in [1.82, 2.24) is 0 Å². The molecule has 0 saturated carbocycles. The van der Waals surface area contributed by atoms with Crippen molar-refractivity contribution in [1.29, 1.82) is 0 Å². The van der Waals surface area contributed by atoms with E-state index >= 15 is 0 Å². The van der Waals surface area contributed by atoms with E-state index in [-0.39, 0.29) is 22.3 Å². The summed E-state index contributed by atoms with van der Waals surface area (Å²) < 4.78 is 56.3. The van der Waals surface area contributed by atoms with E-state index in [0.717, 1.165) is 53.4 Å². The highest BCUT2D eigenvalue weighted by molar-refractivity contribution is 7.85. The molecule has 0 saturated heterocycles. The van der Waals surface area contributed by atoms with Crippen LogP contribution < -0.4 is 4.90 Å². The molecule has 0 amide bonds. The van der Waals surface area contributed by atoms with E-state index in [9.17, 15) is 21.4 Å². The number of anilines is 1. The van der Waals surface area contributed by atoms with Gasteiger partial charge in [-0.15, -0.1) is 0 Å². The van der Waals surface area contributed by atoms with Gasteiger partial charge in [0.1, 0.15) is 17.2 Å². The van der Waals surface area contributed by atoms with Crippen molar-refractivity contribution in [3.05, 3.63) is 106 Å². The van der Waals surface area contributed by atoms with E-state index in [4.69, 9.17) is 11.6 Å². The maximum atomic E-state index is 11.3. The van der Waals surface area contributed by atoms with Gasteiger partial charge in [0.25, 0.3) is 10.1 Å². The molecule has 3 aliphatic rings. The average molecular weight is 698 g/mol. The van der Waals surface area contributed by atoms with Gasteiger partial charge < -0.3 is 4.90 Å². The summed E-state index contributed by atoms with van der Waals surface area (Å²) in [5, 5.41) is 0.769. The Labute approximate surface area is 286 Å². The molecule has 252 valence electrons. The van der Waals surface area contributed by atoms with Crippen LogP contribution in [-0.4, -0.2) is 56.3 Å². The first kappa shape index (κ1) is 35.3. The number of benzene rings is 2. The van der Waals surface area contributed by atoms with Crippen LogP contribution in [0.15, 0.2) is 94.7 Å². The summed E-state index contributed by atoms with van der Waals surface area (Å²) in [6.45, 7) is 10.3. The summed E-state index contributed by atoms with van der Waals surface area (Å²) in [6, 6.07) is 16.8. The predicted molar refractivity (Wildman–Crippen MR) is 194 cm³/mol. The minimum Gasteiger partial charge on any atom is -0.344 e. The SMILES string of the molecule is CC1(C)C(/C=C/C2=C(Cl)C(=C/C=C3\N(CCCCS(=O)(=O)O)c4ccccc4C3(C)C)/CC2)=[N+](CCCC[SH](=O)=O)c2ccccc21. The molecule has 0 atom stereocenters. The van der Waals surface area contributed by atoms with Gasteiger partial charge in [-0.25, -0.2) is 8.42 Å². The highest BCUT2D eigenvalue weighted by Gasteiger charge is 2.44. The first-order valence-electron chi connectivity index (χ1n) is 16.4. The summed E-state index contributed by atoms with van der Waals surface area (Å²) in [5.74, 6) is -0.0298. The third-order valence-electron chi connectivity index (χ3n) is 9.72. The lowest BCUT2D eigenvalue weighted by atomic mass is 9.81. The number of thiol groups is 1. The summed E-state index contributed by atoms with van der Waals surface area (Å²) in [7, 11) is -6.35. The van der Waals surface area contributed by atoms with Crippen molar-refractivity contribution in [2.75, 3.05) is 29.5 Å². The fourth-order valence-electron chi connectivity index (χ4n) is 7.20. The zero-order valence-corrected chi connectivity index (χ0v) is 30.2. The van der Waals surface area contributed by atoms with E-state index in [1.165, 1.54) is 22.5 Å². The third-order valence-corrected chi connectivity index (χ3v) is 11.7. The van der Waals surface area contributed by atoms with Crippen LogP contribution in [0.1, 0.15) is 77.3 Å². The topological polar surface area (TPSA) is 94.8 Å². The molecular formula is C37H46ClN2O5S2+. The molecule has 2 aromatic rings. The Kier molecular flexibility index (Phi) is 10.7. The van der Waals surface area contributed by atoms with Gasteiger partial charge in [-0.2, -0.15) is 13.0 Å². The van der Waals surface area contributed by atoms with Crippen molar-refractivity contribution < 1.29 is 26.0 Å². The second-order valence-corrected chi connectivity index (χ2v) is 16.7. The minimum absolute atomic E-state index is 0.209. The second-order valence-electron chi connectivity index (χ2n) is 13.6. The molecule has 5 rings (SSSR count). The number of halogens is 1. The van der Waals surface area contributed by atoms with Crippen LogP contribution in [0.25, 0.3) is 0 Å². The number of nitrogens with zero attached hydrogens (tertiary/aromatic N) is 2. The van der Waals surface area contributed by atoms with Gasteiger partial charge in [0, 0.05) is 58.3 Å². The fourth-order valence-corrected chi connectivity index (χ4v) is 8.56. The Balaban J connectivity index is 1.41. The van der Waals surface area contributed by atoms with Crippen molar-refractivity contribution in [3.8, 4) is 0 Å². The Morgan fingerprint density at radius 3 is 2.32 bits per heavy atom. The Morgan fingerprint density at radius 2 is 1.60 bits per heavy atom. The van der Waals surface area contributed by atoms with Crippen LogP contribution in [0.4, 0.5) is 11.4 Å². The van der Waals surface area contributed by atoms with E-state index < -0.39 is 20.8 Å². The lowest BCUT2D eigenvalue weighted by Crippen LogP contribution is -2.28. The maximum absolute atomic E-state index is 11.3. The molecule has 0 aromatic heterocycles. The van der Waals surface area contributed by atoms with Crippen molar-refractivity contribution in [3.63, 3.8) is 0 Å². The van der Waals surface area contributed by atoms with E-state index in [1.54, 1.807) is 0 Å². The summed E-state index contributed by atoms with van der Waals surface area (Å²) in [4.78, 5) is 2.27. The van der Waals surface area contributed by atoms with Crippen LogP contribution in [0.2, 0.25) is 0 Å². The second kappa shape index (κ2) is 14.2. The number of para-hydroxylation sites is 2. The Bertz CT molecular complexity index is 1870. The molecule has 0 unspecified atom stereocenters. The fraction of sp³-hybridized carbons (Fsp3) is 0.432. The Morgan fingerprint density at radius 1 is 0.894 bits per heavy atom. The third kappa shape index (κ3) is 7.69. The summed E-state index contributed by atoms with van der Waals surface area (Å²) >= 11 is 7.04. The number of fused-ring (bicyclic) bond motifs is 2. The zero-order valence-electron chi connectivity index (χ0n) is 27.7. The molecule has 1 N–H and O–H groups in total. The van der Waals surface area contributed by atoms with Crippen molar-refractivity contribution in [2.45, 2.75) is 77.0 Å². The van der Waals surface area contributed by atoms with Crippen molar-refractivity contribution in [2.24, 2.45) is 0 Å². The standard InChI is InChI=1S/C37H45ClN2O5S2/c1-36(2)29-13-5-7-15-31(29)39(23-9-11-25-46(41)42)33(36)21-19-27-17-18-28(35(27)38)20-22-34-37(3,4)30-14-6-8-16-32(30)40(34)24-10-12-26-47(43,44)45/h5-8,13-16,19-22,46H,9-12,17-18,23-26H2,1-4H3/p+1. The first-order valence-corrected chi connectivity index (χ1v) is 19.7. The monoisotopic (exact) mass is 697 g/mol. The normalized spacial score (nSPS) is 20.4. The van der Waals surface area contributed by atoms with Crippen LogP contribution >= 0.6 is 11.6 Å². The molecule has 2 aromatic carbocycles. The van der Waals surface area contributed by atoms with Crippen LogP contribution in [0.5, 0.6) is 0 Å². The minimum atomic E-state index is -3.98. The van der Waals surface area contributed by atoms with Gasteiger partial charge >= 0.3 is 0 Å². The molecule has 10 heteroatoms. The van der Waals surface area contributed by atoms with Gasteiger partial charge in [-0.3, -0.25) is 4.55 Å². The highest BCUT2D eigenvalue weighted by atomic mass is 35.5. The quantitative estimate of drug-likeness (QED) is 0.0971. The molecular weight excluding hydrogens is 652 g/mol. The van der Waals surface area contributed by atoms with Crippen LogP contribution in [0, 0.1) is 0 Å². The molecule has 7 nitrogen and oxygen atoms in total. The number of allylic oxidation sites excluding steroid dienone is 8. The molecule has 1 aliphatic carbocycles. The van der Waals surface area contributed by atoms with Crippen molar-refractivity contribution >= 4 is 49.5 Å². The Hall–Kier alpha value is -2.98. The number of hydrogen-bond acceptors (Lipinski definition) is 5. The smallest absolute Gasteiger partial charge is 0.264 e. The molecule has 0 radical (unpaired) electrons. The summed E-state index contributed by atoms with van der Waals surface area (Å²) in [5.41, 5.74) is 8.80. The van der Waals surface area contributed by atoms with Gasteiger partial charge in [0.05, 0.1) is 11.2 Å². The molecule has 2 aliphatic heterocycles. The maximum Gasteiger partial charge on any atom is 0.264 e. The van der Waals surface area contributed by atoms with E-state index in [2.05, 4.69) is 97.9 Å². The van der Waals surface area contributed by atoms with E-state index in [0.29, 0.717) is 25.8 Å². The van der Waals surface area contributed by atoms with Gasteiger partial charge in [-0.05, 0) is 74.8 Å². The highest BCUT2D eigenvalue weighted by Crippen LogP contribution is 2.48. The number of rotatable bonds is 13. The first-order chi connectivity index (χ1) is 22.2. The molecule has 0 spiro atoms. The summed E-state index contributed by atoms with van der Waals surface area (Å²) in [6.07, 6.45) is 12.7. The van der Waals surface area contributed by atoms with E-state index in [1.807, 2.05) is 12.1 Å². The average Bonchev–Trinajstić information content (AvgIpc) is 3.55. The predicted octanol–water partition coefficient (Wildman–Crippen LogP) is 7.57. The molecule has 47 heavy (non-hydrogen) atoms. The zero-order chi connectivity index (χ0) is 34.0. The molecule has 0 fully saturated rings. The van der Waals surface area contributed by atoms with Crippen LogP contribution in [-0.2, 0) is 31.7 Å². The lowest BCUT2D eigenvalue weighted by Gasteiger charge is -2.27.